The maximum Gasteiger partial charge on any atom is 0.344 e. The molecule has 1 heterocycles. The van der Waals surface area contributed by atoms with Gasteiger partial charge in [-0.3, -0.25) is 9.36 Å². The topological polar surface area (TPSA) is 77.0 Å². The lowest BCUT2D eigenvalue weighted by Crippen LogP contribution is -2.16. The number of ketones is 1. The van der Waals surface area contributed by atoms with Gasteiger partial charge in [0.1, 0.15) is 5.75 Å². The third-order valence-electron chi connectivity index (χ3n) is 3.35. The quantitative estimate of drug-likeness (QED) is 0.857. The molecule has 0 radical (unpaired) electrons. The third kappa shape index (κ3) is 2.61. The Morgan fingerprint density at radius 2 is 2.24 bits per heavy atom. The Kier molecular flexibility index (Phi) is 3.59. The average molecular weight is 305 g/mol. The summed E-state index contributed by atoms with van der Waals surface area (Å²) in [5.41, 5.74) is 0.315. The number of benzene rings is 1. The second-order valence-corrected chi connectivity index (χ2v) is 5.91. The van der Waals surface area contributed by atoms with Crippen LogP contribution in [0, 0.1) is 0 Å². The molecule has 0 amide bonds. The molecule has 3 rings (SSSR count). The number of nitrogens with zero attached hydrogens (tertiary/aromatic N) is 2. The fourth-order valence-electron chi connectivity index (χ4n) is 2.23. The lowest BCUT2D eigenvalue weighted by atomic mass is 10.1. The molecule has 6 nitrogen and oxygen atoms in total. The molecule has 1 saturated carbocycles. The average Bonchev–Trinajstić information content (AvgIpc) is 3.23. The summed E-state index contributed by atoms with van der Waals surface area (Å²) in [4.78, 5) is 24.4. The fourth-order valence-corrected chi connectivity index (χ4v) is 3.34. The molecular weight excluding hydrogens is 290 g/mol. The molecule has 7 heteroatoms. The van der Waals surface area contributed by atoms with Gasteiger partial charge in [0.15, 0.2) is 10.9 Å². The lowest BCUT2D eigenvalue weighted by molar-refractivity contribution is 0.101. The van der Waals surface area contributed by atoms with Gasteiger partial charge in [-0.15, -0.1) is 5.10 Å². The number of ether oxygens (including phenoxy) is 1. The number of methoxy groups -OCH3 is 1. The summed E-state index contributed by atoms with van der Waals surface area (Å²) in [5, 5.41) is 7.12. The Hall–Kier alpha value is -2.02. The first-order valence-electron chi connectivity index (χ1n) is 6.64. The second-order valence-electron chi connectivity index (χ2n) is 4.90. The second kappa shape index (κ2) is 5.40. The number of nitrogens with one attached hydrogen (secondary N) is 1. The van der Waals surface area contributed by atoms with Crippen LogP contribution in [0.5, 0.6) is 5.75 Å². The maximum atomic E-state index is 11.9. The van der Waals surface area contributed by atoms with Crippen molar-refractivity contribution in [3.8, 4) is 5.75 Å². The van der Waals surface area contributed by atoms with E-state index in [-0.39, 0.29) is 17.5 Å². The van der Waals surface area contributed by atoms with Gasteiger partial charge in [-0.25, -0.2) is 9.89 Å². The highest BCUT2D eigenvalue weighted by Crippen LogP contribution is 2.39. The molecule has 0 saturated heterocycles. The van der Waals surface area contributed by atoms with Crippen molar-refractivity contribution in [2.75, 3.05) is 7.11 Å². The Balaban J connectivity index is 2.02. The zero-order valence-corrected chi connectivity index (χ0v) is 12.6. The predicted octanol–water partition coefficient (Wildman–Crippen LogP) is 2.27. The van der Waals surface area contributed by atoms with E-state index in [9.17, 15) is 9.59 Å². The molecule has 1 aromatic heterocycles. The van der Waals surface area contributed by atoms with Crippen LogP contribution in [0.15, 0.2) is 33.0 Å². The van der Waals surface area contributed by atoms with Crippen molar-refractivity contribution < 1.29 is 9.53 Å². The van der Waals surface area contributed by atoms with Crippen molar-refractivity contribution in [2.45, 2.75) is 35.9 Å². The van der Waals surface area contributed by atoms with Crippen LogP contribution in [-0.4, -0.2) is 27.7 Å². The van der Waals surface area contributed by atoms with E-state index in [1.165, 1.54) is 25.8 Å². The zero-order chi connectivity index (χ0) is 15.0. The minimum atomic E-state index is -0.202. The van der Waals surface area contributed by atoms with Gasteiger partial charge in [-0.05, 0) is 43.7 Å². The van der Waals surface area contributed by atoms with E-state index in [2.05, 4.69) is 10.2 Å². The molecule has 2 aromatic rings. The molecule has 0 aliphatic heterocycles. The zero-order valence-electron chi connectivity index (χ0n) is 11.8. The number of Topliss-reactive ketones (excluding diaryl/α,β-unsaturated/α-hetero) is 1. The molecular formula is C14H15N3O3S. The van der Waals surface area contributed by atoms with Gasteiger partial charge in [-0.1, -0.05) is 6.07 Å². The Labute approximate surface area is 125 Å². The van der Waals surface area contributed by atoms with E-state index in [0.29, 0.717) is 16.5 Å². The van der Waals surface area contributed by atoms with Gasteiger partial charge in [0.05, 0.1) is 12.7 Å². The SMILES string of the molecule is COc1cccc(Sc2n[nH]c(=O)n2C2CC2)c1C(C)=O. The summed E-state index contributed by atoms with van der Waals surface area (Å²) in [6.45, 7) is 1.50. The summed E-state index contributed by atoms with van der Waals surface area (Å²) >= 11 is 1.31. The van der Waals surface area contributed by atoms with Crippen LogP contribution in [0.1, 0.15) is 36.2 Å². The molecule has 1 N–H and O–H groups in total. The van der Waals surface area contributed by atoms with Crippen LogP contribution < -0.4 is 10.4 Å². The van der Waals surface area contributed by atoms with E-state index >= 15 is 0 Å². The minimum Gasteiger partial charge on any atom is -0.496 e. The Morgan fingerprint density at radius 1 is 1.48 bits per heavy atom. The van der Waals surface area contributed by atoms with Crippen molar-refractivity contribution in [1.29, 1.82) is 0 Å². The highest BCUT2D eigenvalue weighted by molar-refractivity contribution is 7.99. The van der Waals surface area contributed by atoms with Crippen LogP contribution in [0.4, 0.5) is 0 Å². The van der Waals surface area contributed by atoms with Gasteiger partial charge in [0.25, 0.3) is 0 Å². The first-order chi connectivity index (χ1) is 10.1. The predicted molar refractivity (Wildman–Crippen MR) is 78.2 cm³/mol. The summed E-state index contributed by atoms with van der Waals surface area (Å²) in [6, 6.07) is 5.63. The Bertz CT molecular complexity index is 746. The van der Waals surface area contributed by atoms with Crippen molar-refractivity contribution in [3.63, 3.8) is 0 Å². The van der Waals surface area contributed by atoms with E-state index in [0.717, 1.165) is 17.7 Å². The lowest BCUT2D eigenvalue weighted by Gasteiger charge is -2.11. The van der Waals surface area contributed by atoms with Crippen molar-refractivity contribution in [3.05, 3.63) is 34.2 Å². The van der Waals surface area contributed by atoms with Crippen molar-refractivity contribution >= 4 is 17.5 Å². The Morgan fingerprint density at radius 3 is 2.86 bits per heavy atom. The summed E-state index contributed by atoms with van der Waals surface area (Å²) in [7, 11) is 1.53. The highest BCUT2D eigenvalue weighted by atomic mass is 32.2. The minimum absolute atomic E-state index is 0.0780. The normalized spacial score (nSPS) is 14.2. The molecule has 21 heavy (non-hydrogen) atoms. The van der Waals surface area contributed by atoms with Gasteiger partial charge in [0, 0.05) is 10.9 Å². The van der Waals surface area contributed by atoms with Gasteiger partial charge in [-0.2, -0.15) is 0 Å². The molecule has 1 aromatic carbocycles. The van der Waals surface area contributed by atoms with E-state index in [1.54, 1.807) is 10.6 Å². The molecule has 0 spiro atoms. The van der Waals surface area contributed by atoms with Crippen LogP contribution in [-0.2, 0) is 0 Å². The van der Waals surface area contributed by atoms with E-state index in [1.807, 2.05) is 12.1 Å². The number of carbonyl (C=O) groups is 1. The number of hydrogen-bond acceptors (Lipinski definition) is 5. The number of aromatic amines is 1. The largest absolute Gasteiger partial charge is 0.496 e. The highest BCUT2D eigenvalue weighted by Gasteiger charge is 2.29. The van der Waals surface area contributed by atoms with Gasteiger partial charge < -0.3 is 4.74 Å². The monoisotopic (exact) mass is 305 g/mol. The van der Waals surface area contributed by atoms with Crippen molar-refractivity contribution in [1.82, 2.24) is 14.8 Å². The number of hydrogen-bond donors (Lipinski definition) is 1. The van der Waals surface area contributed by atoms with Crippen LogP contribution in [0.3, 0.4) is 0 Å². The van der Waals surface area contributed by atoms with Crippen molar-refractivity contribution in [2.24, 2.45) is 0 Å². The third-order valence-corrected chi connectivity index (χ3v) is 4.38. The number of carbonyl (C=O) groups excluding carboxylic acids is 1. The number of H-pyrrole nitrogens is 1. The van der Waals surface area contributed by atoms with E-state index < -0.39 is 0 Å². The van der Waals surface area contributed by atoms with Gasteiger partial charge >= 0.3 is 5.69 Å². The fraction of sp³-hybridized carbons (Fsp3) is 0.357. The van der Waals surface area contributed by atoms with Crippen LogP contribution >= 0.6 is 11.8 Å². The molecule has 1 aliphatic carbocycles. The van der Waals surface area contributed by atoms with E-state index in [4.69, 9.17) is 4.74 Å². The molecule has 0 bridgehead atoms. The molecule has 1 fully saturated rings. The summed E-state index contributed by atoms with van der Waals surface area (Å²) in [6.07, 6.45) is 1.98. The maximum absolute atomic E-state index is 11.9. The smallest absolute Gasteiger partial charge is 0.344 e. The van der Waals surface area contributed by atoms with Crippen LogP contribution in [0.25, 0.3) is 0 Å². The molecule has 110 valence electrons. The number of rotatable bonds is 5. The van der Waals surface area contributed by atoms with Crippen LogP contribution in [0.2, 0.25) is 0 Å². The molecule has 0 atom stereocenters. The first-order valence-corrected chi connectivity index (χ1v) is 7.46. The standard InChI is InChI=1S/C14H15N3O3S/c1-8(18)12-10(20-2)4-3-5-11(12)21-14-16-15-13(19)17(14)9-6-7-9/h3-5,9H,6-7H2,1-2H3,(H,15,19). The molecule has 0 unspecified atom stereocenters. The summed E-state index contributed by atoms with van der Waals surface area (Å²) < 4.78 is 6.91. The van der Waals surface area contributed by atoms with Gasteiger partial charge in [0.2, 0.25) is 0 Å². The first kappa shape index (κ1) is 13.9. The summed E-state index contributed by atoms with van der Waals surface area (Å²) in [5.74, 6) is 0.453. The number of aromatic nitrogens is 3. The molecule has 1 aliphatic rings.